The number of pyridine rings is 1. The Morgan fingerprint density at radius 2 is 2.00 bits per heavy atom. The molecular formula is C15H18N2O3. The van der Waals surface area contributed by atoms with Crippen LogP contribution in [0.15, 0.2) is 29.1 Å². The van der Waals surface area contributed by atoms with Gasteiger partial charge in [-0.15, -0.1) is 0 Å². The van der Waals surface area contributed by atoms with Crippen molar-refractivity contribution in [3.8, 4) is 0 Å². The van der Waals surface area contributed by atoms with Crippen LogP contribution < -0.4 is 10.3 Å². The van der Waals surface area contributed by atoms with Crippen molar-refractivity contribution < 1.29 is 9.90 Å². The molecule has 0 aliphatic carbocycles. The Balaban J connectivity index is 2.74. The van der Waals surface area contributed by atoms with Gasteiger partial charge in [0.1, 0.15) is 0 Å². The molecule has 1 aromatic carbocycles. The number of anilines is 1. The highest BCUT2D eigenvalue weighted by atomic mass is 16.4. The molecule has 0 unspecified atom stereocenters. The normalized spacial score (nSPS) is 10.8. The maximum atomic E-state index is 12.2. The minimum Gasteiger partial charge on any atom is -0.481 e. The first-order chi connectivity index (χ1) is 9.43. The zero-order valence-corrected chi connectivity index (χ0v) is 11.9. The molecule has 0 fully saturated rings. The highest BCUT2D eigenvalue weighted by molar-refractivity contribution is 5.84. The summed E-state index contributed by atoms with van der Waals surface area (Å²) >= 11 is 0. The van der Waals surface area contributed by atoms with Crippen LogP contribution in [0.3, 0.4) is 0 Å². The van der Waals surface area contributed by atoms with E-state index in [0.717, 1.165) is 11.2 Å². The Kier molecular flexibility index (Phi) is 3.79. The van der Waals surface area contributed by atoms with Crippen LogP contribution >= 0.6 is 0 Å². The van der Waals surface area contributed by atoms with E-state index in [2.05, 4.69) is 0 Å². The molecule has 0 aliphatic heterocycles. The van der Waals surface area contributed by atoms with Gasteiger partial charge in [-0.05, 0) is 25.1 Å². The van der Waals surface area contributed by atoms with Gasteiger partial charge in [0.2, 0.25) is 0 Å². The van der Waals surface area contributed by atoms with Crippen molar-refractivity contribution in [3.63, 3.8) is 0 Å². The van der Waals surface area contributed by atoms with Crippen LogP contribution in [-0.4, -0.2) is 29.7 Å². The number of hydrogen-bond donors (Lipinski definition) is 1. The fraction of sp³-hybridized carbons (Fsp3) is 0.333. The summed E-state index contributed by atoms with van der Waals surface area (Å²) in [5.41, 5.74) is 2.13. The molecule has 0 saturated carbocycles. The van der Waals surface area contributed by atoms with E-state index in [1.54, 1.807) is 0 Å². The summed E-state index contributed by atoms with van der Waals surface area (Å²) in [6, 6.07) is 7.08. The summed E-state index contributed by atoms with van der Waals surface area (Å²) in [5.74, 6) is -0.934. The lowest BCUT2D eigenvalue weighted by Gasteiger charge is -2.17. The summed E-state index contributed by atoms with van der Waals surface area (Å²) in [6.07, 6.45) is -0.144. The molecule has 0 atom stereocenters. The largest absolute Gasteiger partial charge is 0.481 e. The average molecular weight is 274 g/mol. The summed E-state index contributed by atoms with van der Waals surface area (Å²) in [7, 11) is 3.83. The van der Waals surface area contributed by atoms with E-state index in [1.807, 2.05) is 48.7 Å². The minimum atomic E-state index is -0.934. The van der Waals surface area contributed by atoms with Gasteiger partial charge in [-0.3, -0.25) is 9.59 Å². The van der Waals surface area contributed by atoms with E-state index in [4.69, 9.17) is 5.11 Å². The lowest BCUT2D eigenvalue weighted by molar-refractivity contribution is -0.136. The maximum absolute atomic E-state index is 12.2. The third-order valence-electron chi connectivity index (χ3n) is 3.35. The zero-order valence-electron chi connectivity index (χ0n) is 11.9. The minimum absolute atomic E-state index is 0.135. The van der Waals surface area contributed by atoms with Gasteiger partial charge >= 0.3 is 5.97 Å². The Bertz CT molecular complexity index is 717. The smallest absolute Gasteiger partial charge is 0.309 e. The summed E-state index contributed by atoms with van der Waals surface area (Å²) in [5, 5.41) is 9.56. The number of rotatable bonds is 4. The predicted octanol–water partition coefficient (Wildman–Crippen LogP) is 1.71. The van der Waals surface area contributed by atoms with Crippen LogP contribution in [0.2, 0.25) is 0 Å². The third-order valence-corrected chi connectivity index (χ3v) is 3.35. The van der Waals surface area contributed by atoms with Gasteiger partial charge in [0.05, 0.1) is 11.9 Å². The number of nitrogens with zero attached hydrogens (tertiary/aromatic N) is 2. The van der Waals surface area contributed by atoms with Crippen LogP contribution in [0.25, 0.3) is 10.9 Å². The monoisotopic (exact) mass is 274 g/mol. The van der Waals surface area contributed by atoms with Crippen molar-refractivity contribution in [3.05, 3.63) is 40.2 Å². The molecule has 0 amide bonds. The lowest BCUT2D eigenvalue weighted by atomic mass is 10.1. The maximum Gasteiger partial charge on any atom is 0.309 e. The zero-order chi connectivity index (χ0) is 14.9. The molecule has 0 spiro atoms. The molecule has 5 heteroatoms. The van der Waals surface area contributed by atoms with Gasteiger partial charge in [-0.2, -0.15) is 0 Å². The number of carboxylic acids is 1. The van der Waals surface area contributed by atoms with Crippen molar-refractivity contribution in [2.75, 3.05) is 19.0 Å². The van der Waals surface area contributed by atoms with E-state index in [0.29, 0.717) is 17.6 Å². The Morgan fingerprint density at radius 1 is 1.30 bits per heavy atom. The molecule has 0 saturated heterocycles. The molecule has 0 aliphatic rings. The van der Waals surface area contributed by atoms with E-state index in [9.17, 15) is 9.59 Å². The molecular weight excluding hydrogens is 256 g/mol. The van der Waals surface area contributed by atoms with Gasteiger partial charge in [-0.25, -0.2) is 0 Å². The molecule has 0 radical (unpaired) electrons. The number of carboxylic acid groups (broad SMARTS) is 1. The molecule has 0 bridgehead atoms. The molecule has 20 heavy (non-hydrogen) atoms. The van der Waals surface area contributed by atoms with Crippen molar-refractivity contribution in [1.29, 1.82) is 0 Å². The summed E-state index contributed by atoms with van der Waals surface area (Å²) < 4.78 is 1.88. The van der Waals surface area contributed by atoms with Crippen molar-refractivity contribution in [2.45, 2.75) is 19.9 Å². The molecule has 2 rings (SSSR count). The molecule has 1 aromatic heterocycles. The molecule has 5 nitrogen and oxygen atoms in total. The Hall–Kier alpha value is -2.30. The van der Waals surface area contributed by atoms with Crippen molar-refractivity contribution >= 4 is 22.6 Å². The topological polar surface area (TPSA) is 62.5 Å². The number of hydrogen-bond acceptors (Lipinski definition) is 3. The number of aromatic nitrogens is 1. The number of aryl methyl sites for hydroxylation is 1. The van der Waals surface area contributed by atoms with Gasteiger partial charge in [0.25, 0.3) is 0 Å². The molecule has 2 aromatic rings. The van der Waals surface area contributed by atoms with Gasteiger partial charge < -0.3 is 14.6 Å². The predicted molar refractivity (Wildman–Crippen MR) is 79.5 cm³/mol. The van der Waals surface area contributed by atoms with Crippen LogP contribution in [0.1, 0.15) is 12.6 Å². The Morgan fingerprint density at radius 3 is 2.55 bits per heavy atom. The lowest BCUT2D eigenvalue weighted by Crippen LogP contribution is -2.17. The Labute approximate surface area is 117 Å². The van der Waals surface area contributed by atoms with Gasteiger partial charge in [0, 0.05) is 43.5 Å². The fourth-order valence-corrected chi connectivity index (χ4v) is 2.37. The molecule has 106 valence electrons. The first kappa shape index (κ1) is 14.1. The van der Waals surface area contributed by atoms with Gasteiger partial charge in [0.15, 0.2) is 5.43 Å². The van der Waals surface area contributed by atoms with E-state index in [1.165, 1.54) is 6.07 Å². The average Bonchev–Trinajstić information content (AvgIpc) is 2.38. The number of carbonyl (C=O) groups is 1. The first-order valence-electron chi connectivity index (χ1n) is 6.49. The second-order valence-electron chi connectivity index (χ2n) is 4.91. The van der Waals surface area contributed by atoms with Crippen LogP contribution in [0, 0.1) is 0 Å². The van der Waals surface area contributed by atoms with E-state index >= 15 is 0 Å². The number of aliphatic carboxylic acids is 1. The highest BCUT2D eigenvalue weighted by Crippen LogP contribution is 2.20. The third kappa shape index (κ3) is 2.52. The first-order valence-corrected chi connectivity index (χ1v) is 6.49. The van der Waals surface area contributed by atoms with Crippen LogP contribution in [-0.2, 0) is 17.8 Å². The number of benzene rings is 1. The van der Waals surface area contributed by atoms with Crippen molar-refractivity contribution in [1.82, 2.24) is 4.57 Å². The van der Waals surface area contributed by atoms with Crippen molar-refractivity contribution in [2.24, 2.45) is 0 Å². The quantitative estimate of drug-likeness (QED) is 0.922. The second kappa shape index (κ2) is 5.36. The summed E-state index contributed by atoms with van der Waals surface area (Å²) in [4.78, 5) is 25.0. The molecule has 1 N–H and O–H groups in total. The standard InChI is InChI=1S/C15H18N2O3/c1-4-17-11(9-15(19)20)8-14(18)12-7-10(16(2)3)5-6-13(12)17/h5-8H,4,9H2,1-3H3,(H,19,20). The molecule has 1 heterocycles. The van der Waals surface area contributed by atoms with Crippen LogP contribution in [0.5, 0.6) is 0 Å². The number of fused-ring (bicyclic) bond motifs is 1. The second-order valence-corrected chi connectivity index (χ2v) is 4.91. The van der Waals surface area contributed by atoms with E-state index < -0.39 is 5.97 Å². The SMILES string of the molecule is CCn1c(CC(=O)O)cc(=O)c2cc(N(C)C)ccc21. The summed E-state index contributed by atoms with van der Waals surface area (Å²) in [6.45, 7) is 2.57. The fourth-order valence-electron chi connectivity index (χ4n) is 2.37. The van der Waals surface area contributed by atoms with Crippen LogP contribution in [0.4, 0.5) is 5.69 Å². The van der Waals surface area contributed by atoms with E-state index in [-0.39, 0.29) is 11.8 Å². The highest BCUT2D eigenvalue weighted by Gasteiger charge is 2.11. The van der Waals surface area contributed by atoms with Gasteiger partial charge in [-0.1, -0.05) is 0 Å².